The van der Waals surface area contributed by atoms with Crippen molar-refractivity contribution in [2.75, 3.05) is 11.1 Å². The average Bonchev–Trinajstić information content (AvgIpc) is 2.54. The smallest absolute Gasteiger partial charge is 0.161 e. The van der Waals surface area contributed by atoms with E-state index in [1.54, 1.807) is 0 Å². The van der Waals surface area contributed by atoms with E-state index in [2.05, 4.69) is 19.2 Å². The molecular weight excluding hydrogens is 222 g/mol. The Morgan fingerprint density at radius 2 is 1.94 bits per heavy atom. The first-order valence-electron chi connectivity index (χ1n) is 5.88. The van der Waals surface area contributed by atoms with Crippen molar-refractivity contribution in [3.05, 3.63) is 23.8 Å². The van der Waals surface area contributed by atoms with Gasteiger partial charge in [-0.25, -0.2) is 8.78 Å². The molecule has 1 fully saturated rings. The summed E-state index contributed by atoms with van der Waals surface area (Å²) in [5.41, 5.74) is 6.73. The minimum Gasteiger partial charge on any atom is -0.397 e. The van der Waals surface area contributed by atoms with E-state index in [-0.39, 0.29) is 11.7 Å². The summed E-state index contributed by atoms with van der Waals surface area (Å²) in [5, 5.41) is 3.20. The number of anilines is 2. The maximum atomic E-state index is 13.1. The summed E-state index contributed by atoms with van der Waals surface area (Å²) in [6.07, 6.45) is 3.19. The molecule has 0 aromatic heterocycles. The number of hydrogen-bond donors (Lipinski definition) is 2. The van der Waals surface area contributed by atoms with Crippen LogP contribution in [0.5, 0.6) is 0 Å². The van der Waals surface area contributed by atoms with Crippen LogP contribution in [0.1, 0.15) is 33.1 Å². The van der Waals surface area contributed by atoms with Crippen LogP contribution in [0.4, 0.5) is 20.2 Å². The largest absolute Gasteiger partial charge is 0.397 e. The van der Waals surface area contributed by atoms with Crippen LogP contribution in [0, 0.1) is 17.0 Å². The molecule has 2 rings (SSSR count). The van der Waals surface area contributed by atoms with Crippen molar-refractivity contribution in [1.82, 2.24) is 0 Å². The van der Waals surface area contributed by atoms with Gasteiger partial charge in [0.1, 0.15) is 0 Å². The number of nitrogens with one attached hydrogen (secondary N) is 1. The molecular formula is C13H18F2N2. The van der Waals surface area contributed by atoms with E-state index in [9.17, 15) is 8.78 Å². The minimum absolute atomic E-state index is 0.258. The van der Waals surface area contributed by atoms with E-state index >= 15 is 0 Å². The molecule has 1 aromatic rings. The predicted molar refractivity (Wildman–Crippen MR) is 65.8 cm³/mol. The highest BCUT2D eigenvalue weighted by Gasteiger charge is 2.31. The summed E-state index contributed by atoms with van der Waals surface area (Å²) in [7, 11) is 0. The molecule has 0 radical (unpaired) electrons. The maximum Gasteiger partial charge on any atom is 0.161 e. The third-order valence-electron chi connectivity index (χ3n) is 3.42. The highest BCUT2D eigenvalue weighted by Crippen LogP contribution is 2.39. The van der Waals surface area contributed by atoms with E-state index in [0.717, 1.165) is 31.4 Å². The molecule has 0 spiro atoms. The van der Waals surface area contributed by atoms with Crippen LogP contribution in [0.15, 0.2) is 12.1 Å². The lowest BCUT2D eigenvalue weighted by Crippen LogP contribution is -2.18. The van der Waals surface area contributed by atoms with Crippen molar-refractivity contribution < 1.29 is 8.78 Å². The molecule has 1 saturated carbocycles. The highest BCUT2D eigenvalue weighted by molar-refractivity contribution is 5.66. The van der Waals surface area contributed by atoms with Gasteiger partial charge >= 0.3 is 0 Å². The van der Waals surface area contributed by atoms with Gasteiger partial charge in [-0.05, 0) is 24.7 Å². The first kappa shape index (κ1) is 12.1. The summed E-state index contributed by atoms with van der Waals surface area (Å²) >= 11 is 0. The molecule has 0 bridgehead atoms. The zero-order valence-electron chi connectivity index (χ0n) is 10.2. The maximum absolute atomic E-state index is 13.1. The van der Waals surface area contributed by atoms with Crippen LogP contribution < -0.4 is 11.1 Å². The summed E-state index contributed by atoms with van der Waals surface area (Å²) in [4.78, 5) is 0. The number of nitrogen functional groups attached to an aromatic ring is 1. The Bertz CT molecular complexity index is 430. The zero-order valence-corrected chi connectivity index (χ0v) is 10.2. The second-order valence-electron chi connectivity index (χ2n) is 5.60. The Kier molecular flexibility index (Phi) is 2.98. The van der Waals surface area contributed by atoms with Crippen LogP contribution in [-0.2, 0) is 0 Å². The van der Waals surface area contributed by atoms with Crippen molar-refractivity contribution in [2.45, 2.75) is 39.2 Å². The van der Waals surface area contributed by atoms with E-state index in [1.165, 1.54) is 0 Å². The lowest BCUT2D eigenvalue weighted by molar-refractivity contribution is 0.378. The molecule has 0 aliphatic heterocycles. The molecule has 3 N–H and O–H groups in total. The summed E-state index contributed by atoms with van der Waals surface area (Å²) in [6.45, 7) is 4.42. The molecule has 1 aliphatic rings. The molecule has 1 aromatic carbocycles. The molecule has 1 atom stereocenters. The molecule has 1 aliphatic carbocycles. The minimum atomic E-state index is -0.903. The average molecular weight is 240 g/mol. The monoisotopic (exact) mass is 240 g/mol. The topological polar surface area (TPSA) is 38.0 Å². The standard InChI is InChI=1S/C13H18F2N2/c1-13(2)4-3-8(7-13)17-12-6-10(15)9(14)5-11(12)16/h5-6,8,17H,3-4,7,16H2,1-2H3. The van der Waals surface area contributed by atoms with Gasteiger partial charge in [0.25, 0.3) is 0 Å². The normalized spacial score (nSPS) is 22.7. The summed E-state index contributed by atoms with van der Waals surface area (Å²) in [5.74, 6) is -1.77. The van der Waals surface area contributed by atoms with Crippen molar-refractivity contribution in [1.29, 1.82) is 0 Å². The van der Waals surface area contributed by atoms with Crippen LogP contribution in [0.25, 0.3) is 0 Å². The van der Waals surface area contributed by atoms with Gasteiger partial charge in [0.15, 0.2) is 11.6 Å². The molecule has 17 heavy (non-hydrogen) atoms. The summed E-state index contributed by atoms with van der Waals surface area (Å²) in [6, 6.07) is 2.45. The van der Waals surface area contributed by atoms with E-state index in [0.29, 0.717) is 11.1 Å². The van der Waals surface area contributed by atoms with Crippen molar-refractivity contribution >= 4 is 11.4 Å². The first-order valence-corrected chi connectivity index (χ1v) is 5.88. The van der Waals surface area contributed by atoms with Crippen LogP contribution >= 0.6 is 0 Å². The second kappa shape index (κ2) is 4.17. The Labute approximate surface area is 100 Å². The fourth-order valence-electron chi connectivity index (χ4n) is 2.47. The number of rotatable bonds is 2. The van der Waals surface area contributed by atoms with Crippen molar-refractivity contribution in [3.63, 3.8) is 0 Å². The fraction of sp³-hybridized carbons (Fsp3) is 0.538. The number of benzene rings is 1. The van der Waals surface area contributed by atoms with E-state index in [1.807, 2.05) is 0 Å². The van der Waals surface area contributed by atoms with Crippen molar-refractivity contribution in [2.24, 2.45) is 5.41 Å². The third-order valence-corrected chi connectivity index (χ3v) is 3.42. The fourth-order valence-corrected chi connectivity index (χ4v) is 2.47. The van der Waals surface area contributed by atoms with Crippen molar-refractivity contribution in [3.8, 4) is 0 Å². The van der Waals surface area contributed by atoms with Crippen LogP contribution in [0.3, 0.4) is 0 Å². The Balaban J connectivity index is 2.12. The van der Waals surface area contributed by atoms with Gasteiger partial charge < -0.3 is 11.1 Å². The second-order valence-corrected chi connectivity index (χ2v) is 5.60. The predicted octanol–water partition coefficient (Wildman–Crippen LogP) is 3.54. The van der Waals surface area contributed by atoms with Gasteiger partial charge in [0.2, 0.25) is 0 Å². The van der Waals surface area contributed by atoms with Gasteiger partial charge in [0, 0.05) is 18.2 Å². The summed E-state index contributed by atoms with van der Waals surface area (Å²) < 4.78 is 26.0. The third kappa shape index (κ3) is 2.68. The Hall–Kier alpha value is -1.32. The number of halogens is 2. The molecule has 1 unspecified atom stereocenters. The van der Waals surface area contributed by atoms with E-state index < -0.39 is 11.6 Å². The molecule has 0 heterocycles. The van der Waals surface area contributed by atoms with Crippen LogP contribution in [0.2, 0.25) is 0 Å². The quantitative estimate of drug-likeness (QED) is 0.776. The zero-order chi connectivity index (χ0) is 12.6. The Morgan fingerprint density at radius 3 is 2.53 bits per heavy atom. The van der Waals surface area contributed by atoms with Gasteiger partial charge in [0.05, 0.1) is 11.4 Å². The van der Waals surface area contributed by atoms with E-state index in [4.69, 9.17) is 5.73 Å². The Morgan fingerprint density at radius 1 is 1.29 bits per heavy atom. The van der Waals surface area contributed by atoms with Gasteiger partial charge in [-0.1, -0.05) is 13.8 Å². The highest BCUT2D eigenvalue weighted by atomic mass is 19.2. The lowest BCUT2D eigenvalue weighted by Gasteiger charge is -2.19. The van der Waals surface area contributed by atoms with Gasteiger partial charge in [-0.15, -0.1) is 0 Å². The van der Waals surface area contributed by atoms with Gasteiger partial charge in [-0.2, -0.15) is 0 Å². The SMILES string of the molecule is CC1(C)CCC(Nc2cc(F)c(F)cc2N)C1. The molecule has 4 heteroatoms. The van der Waals surface area contributed by atoms with Crippen LogP contribution in [-0.4, -0.2) is 6.04 Å². The molecule has 0 amide bonds. The molecule has 2 nitrogen and oxygen atoms in total. The molecule has 0 saturated heterocycles. The lowest BCUT2D eigenvalue weighted by atomic mass is 9.92. The number of nitrogens with two attached hydrogens (primary N) is 1. The number of hydrogen-bond acceptors (Lipinski definition) is 2. The molecule has 94 valence electrons. The van der Waals surface area contributed by atoms with Gasteiger partial charge in [-0.3, -0.25) is 0 Å². The first-order chi connectivity index (χ1) is 7.87.